The van der Waals surface area contributed by atoms with Crippen molar-refractivity contribution in [2.24, 2.45) is 5.73 Å². The first-order chi connectivity index (χ1) is 8.92. The fraction of sp³-hybridized carbons (Fsp3) is 0.667. The lowest BCUT2D eigenvalue weighted by atomic mass is 10.2. The Bertz CT molecular complexity index is 485. The monoisotopic (exact) mass is 305 g/mol. The van der Waals surface area contributed by atoms with Gasteiger partial charge in [0.05, 0.1) is 4.90 Å². The molecule has 0 bridgehead atoms. The molecular weight excluding hydrogens is 282 g/mol. The third kappa shape index (κ3) is 4.54. The molecule has 0 aliphatic heterocycles. The van der Waals surface area contributed by atoms with E-state index in [-0.39, 0.29) is 6.54 Å². The van der Waals surface area contributed by atoms with Crippen molar-refractivity contribution >= 4 is 21.4 Å². The normalized spacial score (nSPS) is 13.9. The number of nitrogens with two attached hydrogens (primary N) is 1. The molecular formula is C12H23N3O2S2. The minimum absolute atomic E-state index is 0.251. The first-order valence-electron chi connectivity index (χ1n) is 6.38. The van der Waals surface area contributed by atoms with Crippen LogP contribution in [-0.2, 0) is 16.6 Å². The summed E-state index contributed by atoms with van der Waals surface area (Å²) in [5.41, 5.74) is 5.54. The van der Waals surface area contributed by atoms with Crippen molar-refractivity contribution in [1.82, 2.24) is 9.62 Å². The number of likely N-dealkylation sites (N-methyl/N-ethyl adjacent to an activating group) is 1. The van der Waals surface area contributed by atoms with Gasteiger partial charge in [-0.1, -0.05) is 6.92 Å². The molecule has 0 saturated carbocycles. The van der Waals surface area contributed by atoms with E-state index in [4.69, 9.17) is 5.73 Å². The Balaban J connectivity index is 2.57. The fourth-order valence-corrected chi connectivity index (χ4v) is 4.04. The summed E-state index contributed by atoms with van der Waals surface area (Å²) in [6, 6.07) is 2.05. The first kappa shape index (κ1) is 16.6. The van der Waals surface area contributed by atoms with E-state index >= 15 is 0 Å². The van der Waals surface area contributed by atoms with E-state index in [9.17, 15) is 8.42 Å². The number of thiophene rings is 1. The summed E-state index contributed by atoms with van der Waals surface area (Å²) in [5, 5.41) is 1.75. The molecule has 1 heterocycles. The van der Waals surface area contributed by atoms with Gasteiger partial charge in [0.25, 0.3) is 0 Å². The van der Waals surface area contributed by atoms with Crippen molar-refractivity contribution in [3.8, 4) is 0 Å². The molecule has 0 aliphatic carbocycles. The summed E-state index contributed by atoms with van der Waals surface area (Å²) in [7, 11) is -1.44. The summed E-state index contributed by atoms with van der Waals surface area (Å²) in [6.45, 7) is 5.59. The Morgan fingerprint density at radius 3 is 2.79 bits per heavy atom. The molecule has 19 heavy (non-hydrogen) atoms. The predicted octanol–water partition coefficient (Wildman–Crippen LogP) is 1.22. The van der Waals surface area contributed by atoms with Crippen LogP contribution in [0.2, 0.25) is 0 Å². The molecule has 110 valence electrons. The number of sulfonamides is 1. The van der Waals surface area contributed by atoms with Crippen LogP contribution in [0.3, 0.4) is 0 Å². The second-order valence-corrected chi connectivity index (χ2v) is 7.28. The average Bonchev–Trinajstić information content (AvgIpc) is 2.86. The zero-order valence-electron chi connectivity index (χ0n) is 11.7. The van der Waals surface area contributed by atoms with Crippen LogP contribution >= 0.6 is 11.3 Å². The fourth-order valence-electron chi connectivity index (χ4n) is 1.68. The molecule has 0 aromatic carbocycles. The van der Waals surface area contributed by atoms with Crippen molar-refractivity contribution in [2.45, 2.75) is 37.8 Å². The van der Waals surface area contributed by atoms with Gasteiger partial charge in [0.15, 0.2) is 0 Å². The van der Waals surface area contributed by atoms with Crippen molar-refractivity contribution in [3.63, 3.8) is 0 Å². The minimum Gasteiger partial charge on any atom is -0.326 e. The van der Waals surface area contributed by atoms with Crippen LogP contribution in [-0.4, -0.2) is 39.5 Å². The zero-order valence-corrected chi connectivity index (χ0v) is 13.4. The summed E-state index contributed by atoms with van der Waals surface area (Å²) in [6.07, 6.45) is 1.05. The molecule has 3 N–H and O–H groups in total. The van der Waals surface area contributed by atoms with Gasteiger partial charge in [-0.15, -0.1) is 11.3 Å². The quantitative estimate of drug-likeness (QED) is 0.757. The SMILES string of the molecule is CCC(C)N(C)CCNS(=O)(=O)c1ccsc1CN. The molecule has 5 nitrogen and oxygen atoms in total. The maximum atomic E-state index is 12.1. The molecule has 0 spiro atoms. The van der Waals surface area contributed by atoms with Gasteiger partial charge in [-0.2, -0.15) is 0 Å². The van der Waals surface area contributed by atoms with E-state index in [2.05, 4.69) is 23.5 Å². The van der Waals surface area contributed by atoms with E-state index in [1.54, 1.807) is 11.4 Å². The summed E-state index contributed by atoms with van der Waals surface area (Å²) >= 11 is 1.37. The van der Waals surface area contributed by atoms with E-state index in [0.717, 1.165) is 6.42 Å². The predicted molar refractivity (Wildman–Crippen MR) is 79.8 cm³/mol. The van der Waals surface area contributed by atoms with Crippen molar-refractivity contribution in [1.29, 1.82) is 0 Å². The van der Waals surface area contributed by atoms with E-state index in [1.807, 2.05) is 7.05 Å². The standard InChI is InChI=1S/C12H23N3O2S2/c1-4-10(2)15(3)7-6-14-19(16,17)12-5-8-18-11(12)9-13/h5,8,10,14H,4,6-7,9,13H2,1-3H3. The smallest absolute Gasteiger partial charge is 0.241 e. The lowest BCUT2D eigenvalue weighted by molar-refractivity contribution is 0.256. The first-order valence-corrected chi connectivity index (χ1v) is 8.75. The van der Waals surface area contributed by atoms with Gasteiger partial charge in [-0.25, -0.2) is 13.1 Å². The van der Waals surface area contributed by atoms with E-state index in [1.165, 1.54) is 11.3 Å². The third-order valence-electron chi connectivity index (χ3n) is 3.28. The highest BCUT2D eigenvalue weighted by molar-refractivity contribution is 7.89. The van der Waals surface area contributed by atoms with Crippen LogP contribution in [0.25, 0.3) is 0 Å². The van der Waals surface area contributed by atoms with Gasteiger partial charge in [-0.05, 0) is 31.8 Å². The molecule has 0 radical (unpaired) electrons. The van der Waals surface area contributed by atoms with Crippen molar-refractivity contribution in [3.05, 3.63) is 16.3 Å². The third-order valence-corrected chi connectivity index (χ3v) is 5.90. The highest BCUT2D eigenvalue weighted by Crippen LogP contribution is 2.20. The Kier molecular flexibility index (Phi) is 6.41. The second kappa shape index (κ2) is 7.35. The second-order valence-electron chi connectivity index (χ2n) is 4.55. The largest absolute Gasteiger partial charge is 0.326 e. The van der Waals surface area contributed by atoms with Crippen LogP contribution in [0.1, 0.15) is 25.1 Å². The van der Waals surface area contributed by atoms with Gasteiger partial charge in [0, 0.05) is 30.6 Å². The van der Waals surface area contributed by atoms with Gasteiger partial charge in [0.2, 0.25) is 10.0 Å². The van der Waals surface area contributed by atoms with Gasteiger partial charge in [-0.3, -0.25) is 0 Å². The van der Waals surface area contributed by atoms with Crippen LogP contribution in [0.5, 0.6) is 0 Å². The Hall–Kier alpha value is -0.470. The van der Waals surface area contributed by atoms with Crippen molar-refractivity contribution in [2.75, 3.05) is 20.1 Å². The average molecular weight is 305 g/mol. The number of hydrogen-bond acceptors (Lipinski definition) is 5. The highest BCUT2D eigenvalue weighted by Gasteiger charge is 2.18. The van der Waals surface area contributed by atoms with Gasteiger partial charge >= 0.3 is 0 Å². The lowest BCUT2D eigenvalue weighted by Gasteiger charge is -2.23. The molecule has 1 aromatic rings. The molecule has 1 aromatic heterocycles. The highest BCUT2D eigenvalue weighted by atomic mass is 32.2. The number of rotatable bonds is 8. The van der Waals surface area contributed by atoms with Crippen LogP contribution in [0, 0.1) is 0 Å². The number of nitrogens with zero attached hydrogens (tertiary/aromatic N) is 1. The molecule has 0 fully saturated rings. The summed E-state index contributed by atoms with van der Waals surface area (Å²) in [4.78, 5) is 3.15. The maximum absolute atomic E-state index is 12.1. The summed E-state index contributed by atoms with van der Waals surface area (Å²) < 4.78 is 26.9. The topological polar surface area (TPSA) is 75.4 Å². The zero-order chi connectivity index (χ0) is 14.5. The van der Waals surface area contributed by atoms with E-state index in [0.29, 0.717) is 28.9 Å². The molecule has 0 saturated heterocycles. The van der Waals surface area contributed by atoms with E-state index < -0.39 is 10.0 Å². The van der Waals surface area contributed by atoms with Crippen LogP contribution < -0.4 is 10.5 Å². The minimum atomic E-state index is -3.43. The Labute approximate surface area is 119 Å². The number of hydrogen-bond donors (Lipinski definition) is 2. The molecule has 7 heteroatoms. The molecule has 0 amide bonds. The maximum Gasteiger partial charge on any atom is 0.241 e. The molecule has 1 unspecified atom stereocenters. The van der Waals surface area contributed by atoms with Crippen LogP contribution in [0.15, 0.2) is 16.3 Å². The summed E-state index contributed by atoms with van der Waals surface area (Å²) in [5.74, 6) is 0. The van der Waals surface area contributed by atoms with Gasteiger partial charge < -0.3 is 10.6 Å². The van der Waals surface area contributed by atoms with Gasteiger partial charge in [0.1, 0.15) is 0 Å². The molecule has 1 rings (SSSR count). The van der Waals surface area contributed by atoms with Crippen molar-refractivity contribution < 1.29 is 8.42 Å². The number of nitrogens with one attached hydrogen (secondary N) is 1. The lowest BCUT2D eigenvalue weighted by Crippen LogP contribution is -2.37. The van der Waals surface area contributed by atoms with Crippen LogP contribution in [0.4, 0.5) is 0 Å². The Morgan fingerprint density at radius 2 is 2.21 bits per heavy atom. The molecule has 1 atom stereocenters. The Morgan fingerprint density at radius 1 is 1.53 bits per heavy atom. The molecule has 0 aliphatic rings.